The van der Waals surface area contributed by atoms with Crippen LogP contribution in [0.25, 0.3) is 0 Å². The molecule has 0 saturated carbocycles. The Balaban J connectivity index is 1.79. The number of rotatable bonds is 6. The first-order valence-electron chi connectivity index (χ1n) is 10.0. The predicted octanol–water partition coefficient (Wildman–Crippen LogP) is 1.63. The smallest absolute Gasteiger partial charge is 0.308 e. The van der Waals surface area contributed by atoms with Gasteiger partial charge in [0.15, 0.2) is 5.96 Å². The van der Waals surface area contributed by atoms with Crippen LogP contribution >= 0.6 is 0 Å². The van der Waals surface area contributed by atoms with E-state index in [4.69, 9.17) is 9.73 Å². The van der Waals surface area contributed by atoms with Crippen LogP contribution in [0.2, 0.25) is 0 Å². The number of methoxy groups -OCH3 is 1. The van der Waals surface area contributed by atoms with E-state index in [2.05, 4.69) is 17.1 Å². The van der Waals surface area contributed by atoms with Gasteiger partial charge in [-0.2, -0.15) is 0 Å². The maximum absolute atomic E-state index is 12.0. The molecule has 0 aliphatic carbocycles. The topological polar surface area (TPSA) is 74.2 Å². The highest BCUT2D eigenvalue weighted by molar-refractivity contribution is 5.80. The van der Waals surface area contributed by atoms with E-state index in [-0.39, 0.29) is 11.9 Å². The molecule has 0 aromatic rings. The maximum Gasteiger partial charge on any atom is 0.308 e. The van der Waals surface area contributed by atoms with E-state index in [1.54, 1.807) is 0 Å². The van der Waals surface area contributed by atoms with Gasteiger partial charge in [0.1, 0.15) is 0 Å². The number of guanidine groups is 1. The van der Waals surface area contributed by atoms with Crippen molar-refractivity contribution in [3.63, 3.8) is 0 Å². The lowest BCUT2D eigenvalue weighted by molar-refractivity contribution is -0.146. The number of ether oxygens (including phenoxy) is 1. The van der Waals surface area contributed by atoms with E-state index in [0.717, 1.165) is 77.2 Å². The van der Waals surface area contributed by atoms with Gasteiger partial charge in [-0.05, 0) is 39.0 Å². The number of aliphatic imine (C=N–C) groups is 1. The van der Waals surface area contributed by atoms with Crippen molar-refractivity contribution in [2.75, 3.05) is 46.4 Å². The summed E-state index contributed by atoms with van der Waals surface area (Å²) in [5.74, 6) is 1.11. The number of piperidine rings is 1. The molecule has 0 bridgehead atoms. The number of likely N-dealkylation sites (tertiary alicyclic amines) is 2. The molecule has 7 nitrogen and oxygen atoms in total. The van der Waals surface area contributed by atoms with Crippen LogP contribution < -0.4 is 5.32 Å². The molecule has 1 amide bonds. The average molecular weight is 367 g/mol. The molecule has 2 saturated heterocycles. The quantitative estimate of drug-likeness (QED) is 0.335. The van der Waals surface area contributed by atoms with Gasteiger partial charge in [0.25, 0.3) is 0 Å². The number of amides is 1. The summed E-state index contributed by atoms with van der Waals surface area (Å²) >= 11 is 0. The molecule has 148 valence electrons. The van der Waals surface area contributed by atoms with Gasteiger partial charge in [0.2, 0.25) is 5.91 Å². The van der Waals surface area contributed by atoms with Crippen molar-refractivity contribution in [3.05, 3.63) is 0 Å². The van der Waals surface area contributed by atoms with Crippen LogP contribution in [0.5, 0.6) is 0 Å². The molecular formula is C19H34N4O3. The SMILES string of the molecule is CCNC(=NCCCN1CCCCCC1=O)N1CCC(C(=O)OC)CC1. The normalized spacial score (nSPS) is 20.1. The monoisotopic (exact) mass is 366 g/mol. The number of carbonyl (C=O) groups is 2. The molecule has 0 radical (unpaired) electrons. The van der Waals surface area contributed by atoms with Crippen molar-refractivity contribution in [2.45, 2.75) is 51.9 Å². The molecule has 1 N–H and O–H groups in total. The molecule has 0 spiro atoms. The fraction of sp³-hybridized carbons (Fsp3) is 0.842. The van der Waals surface area contributed by atoms with Crippen molar-refractivity contribution < 1.29 is 14.3 Å². The van der Waals surface area contributed by atoms with Crippen molar-refractivity contribution in [1.82, 2.24) is 15.1 Å². The van der Waals surface area contributed by atoms with Crippen molar-refractivity contribution in [2.24, 2.45) is 10.9 Å². The first kappa shape index (κ1) is 20.5. The zero-order valence-corrected chi connectivity index (χ0v) is 16.3. The van der Waals surface area contributed by atoms with Gasteiger partial charge in [0.05, 0.1) is 13.0 Å². The number of nitrogens with zero attached hydrogens (tertiary/aromatic N) is 3. The van der Waals surface area contributed by atoms with E-state index >= 15 is 0 Å². The summed E-state index contributed by atoms with van der Waals surface area (Å²) in [7, 11) is 1.45. The molecule has 2 fully saturated rings. The van der Waals surface area contributed by atoms with E-state index in [1.807, 2.05) is 4.90 Å². The van der Waals surface area contributed by atoms with Gasteiger partial charge < -0.3 is 19.9 Å². The van der Waals surface area contributed by atoms with Gasteiger partial charge in [-0.15, -0.1) is 0 Å². The molecule has 7 heteroatoms. The minimum Gasteiger partial charge on any atom is -0.469 e. The first-order valence-corrected chi connectivity index (χ1v) is 10.0. The highest BCUT2D eigenvalue weighted by atomic mass is 16.5. The van der Waals surface area contributed by atoms with Crippen molar-refractivity contribution in [3.8, 4) is 0 Å². The van der Waals surface area contributed by atoms with Crippen LogP contribution in [-0.4, -0.2) is 74.0 Å². The highest BCUT2D eigenvalue weighted by Crippen LogP contribution is 2.18. The summed E-state index contributed by atoms with van der Waals surface area (Å²) in [5, 5.41) is 3.35. The van der Waals surface area contributed by atoms with Gasteiger partial charge in [-0.1, -0.05) is 6.42 Å². The Bertz CT molecular complexity index is 487. The Morgan fingerprint density at radius 1 is 1.23 bits per heavy atom. The van der Waals surface area contributed by atoms with Crippen LogP contribution in [0.3, 0.4) is 0 Å². The molecule has 0 atom stereocenters. The molecule has 0 aromatic carbocycles. The minimum atomic E-state index is -0.103. The number of esters is 1. The van der Waals surface area contributed by atoms with E-state index in [1.165, 1.54) is 7.11 Å². The molecule has 26 heavy (non-hydrogen) atoms. The highest BCUT2D eigenvalue weighted by Gasteiger charge is 2.26. The van der Waals surface area contributed by atoms with Crippen LogP contribution in [0, 0.1) is 5.92 Å². The average Bonchev–Trinajstić information content (AvgIpc) is 2.88. The maximum atomic E-state index is 12.0. The lowest BCUT2D eigenvalue weighted by Crippen LogP contribution is -2.46. The Morgan fingerprint density at radius 2 is 2.00 bits per heavy atom. The molecular weight excluding hydrogens is 332 g/mol. The number of nitrogens with one attached hydrogen (secondary N) is 1. The third-order valence-electron chi connectivity index (χ3n) is 5.18. The van der Waals surface area contributed by atoms with Crippen LogP contribution in [0.4, 0.5) is 0 Å². The second-order valence-electron chi connectivity index (χ2n) is 7.07. The van der Waals surface area contributed by atoms with Crippen LogP contribution in [0.1, 0.15) is 51.9 Å². The van der Waals surface area contributed by atoms with Crippen LogP contribution in [-0.2, 0) is 14.3 Å². The molecule has 0 aromatic heterocycles. The summed E-state index contributed by atoms with van der Waals surface area (Å²) in [5.41, 5.74) is 0. The van der Waals surface area contributed by atoms with Gasteiger partial charge in [-0.3, -0.25) is 14.6 Å². The predicted molar refractivity (Wildman–Crippen MR) is 102 cm³/mol. The molecule has 2 rings (SSSR count). The van der Waals surface area contributed by atoms with Gasteiger partial charge in [-0.25, -0.2) is 0 Å². The van der Waals surface area contributed by atoms with Gasteiger partial charge in [0, 0.05) is 45.7 Å². The van der Waals surface area contributed by atoms with Gasteiger partial charge >= 0.3 is 5.97 Å². The minimum absolute atomic E-state index is 0.00757. The third kappa shape index (κ3) is 6.18. The summed E-state index contributed by atoms with van der Waals surface area (Å²) in [6.45, 7) is 6.91. The first-order chi connectivity index (χ1) is 12.7. The van der Waals surface area contributed by atoms with Crippen molar-refractivity contribution in [1.29, 1.82) is 0 Å². The largest absolute Gasteiger partial charge is 0.469 e. The molecule has 0 unspecified atom stereocenters. The Kier molecular flexibility index (Phi) is 8.71. The van der Waals surface area contributed by atoms with E-state index in [0.29, 0.717) is 18.9 Å². The molecule has 2 aliphatic heterocycles. The second kappa shape index (κ2) is 11.0. The molecule has 2 aliphatic rings. The fourth-order valence-corrected chi connectivity index (χ4v) is 3.64. The summed E-state index contributed by atoms with van der Waals surface area (Å²) in [4.78, 5) is 32.7. The number of hydrogen-bond donors (Lipinski definition) is 1. The van der Waals surface area contributed by atoms with Crippen molar-refractivity contribution >= 4 is 17.8 Å². The second-order valence-corrected chi connectivity index (χ2v) is 7.07. The third-order valence-corrected chi connectivity index (χ3v) is 5.18. The lowest BCUT2D eigenvalue weighted by Gasteiger charge is -2.33. The lowest BCUT2D eigenvalue weighted by atomic mass is 9.97. The number of carbonyl (C=O) groups excluding carboxylic acids is 2. The Hall–Kier alpha value is -1.79. The Labute approximate surface area is 157 Å². The number of hydrogen-bond acceptors (Lipinski definition) is 4. The van der Waals surface area contributed by atoms with E-state index < -0.39 is 0 Å². The Morgan fingerprint density at radius 3 is 2.69 bits per heavy atom. The summed E-state index contributed by atoms with van der Waals surface area (Å²) in [6.07, 6.45) is 6.50. The summed E-state index contributed by atoms with van der Waals surface area (Å²) in [6, 6.07) is 0. The summed E-state index contributed by atoms with van der Waals surface area (Å²) < 4.78 is 4.85. The standard InChI is InChI=1S/C19H34N4O3/c1-3-20-19(23-14-9-16(10-15-23)18(25)26-2)21-11-7-13-22-12-6-4-5-8-17(22)24/h16H,3-15H2,1-2H3,(H,20,21). The zero-order chi connectivity index (χ0) is 18.8. The zero-order valence-electron chi connectivity index (χ0n) is 16.3. The molecule has 2 heterocycles. The van der Waals surface area contributed by atoms with E-state index in [9.17, 15) is 9.59 Å². The fourth-order valence-electron chi connectivity index (χ4n) is 3.64. The van der Waals surface area contributed by atoms with Crippen LogP contribution in [0.15, 0.2) is 4.99 Å².